The lowest BCUT2D eigenvalue weighted by molar-refractivity contribution is -0.123. The molecule has 2 N–H and O–H groups in total. The molecule has 1 aromatic rings. The maximum Gasteiger partial charge on any atom is 0.237 e. The van der Waals surface area contributed by atoms with Crippen molar-refractivity contribution in [3.8, 4) is 0 Å². The van der Waals surface area contributed by atoms with Gasteiger partial charge in [0, 0.05) is 13.0 Å². The number of fused-ring (bicyclic) bond motifs is 1. The third-order valence-corrected chi connectivity index (χ3v) is 3.71. The van der Waals surface area contributed by atoms with Gasteiger partial charge in [0.1, 0.15) is 5.82 Å². The van der Waals surface area contributed by atoms with Crippen LogP contribution >= 0.6 is 0 Å². The molecule has 1 amide bonds. The second kappa shape index (κ2) is 6.14. The molecule has 0 aliphatic carbocycles. The Balaban J connectivity index is 2.09. The van der Waals surface area contributed by atoms with Crippen LogP contribution in [0.5, 0.6) is 0 Å². The van der Waals surface area contributed by atoms with Gasteiger partial charge >= 0.3 is 0 Å². The number of aryl methyl sites for hydroxylation is 1. The molecule has 0 radical (unpaired) electrons. The summed E-state index contributed by atoms with van der Waals surface area (Å²) < 4.78 is 2.17. The maximum atomic E-state index is 11.9. The number of nitrogens with zero attached hydrogens (tertiary/aromatic N) is 3. The average Bonchev–Trinajstić information content (AvgIpc) is 2.67. The van der Waals surface area contributed by atoms with Crippen molar-refractivity contribution in [1.29, 1.82) is 0 Å². The van der Waals surface area contributed by atoms with Gasteiger partial charge in [0.25, 0.3) is 0 Å². The maximum absolute atomic E-state index is 11.9. The van der Waals surface area contributed by atoms with E-state index >= 15 is 0 Å². The Morgan fingerprint density at radius 3 is 2.79 bits per heavy atom. The summed E-state index contributed by atoms with van der Waals surface area (Å²) in [6.45, 7) is 4.76. The van der Waals surface area contributed by atoms with E-state index in [1.165, 1.54) is 12.8 Å². The van der Waals surface area contributed by atoms with E-state index in [0.29, 0.717) is 0 Å². The molecule has 2 unspecified atom stereocenters. The van der Waals surface area contributed by atoms with E-state index in [4.69, 9.17) is 0 Å². The summed E-state index contributed by atoms with van der Waals surface area (Å²) in [6.07, 6.45) is 4.56. The highest BCUT2D eigenvalue weighted by molar-refractivity contribution is 5.81. The first-order valence-corrected chi connectivity index (χ1v) is 7.03. The predicted molar refractivity (Wildman–Crippen MR) is 72.7 cm³/mol. The highest BCUT2D eigenvalue weighted by Gasteiger charge is 2.21. The summed E-state index contributed by atoms with van der Waals surface area (Å²) in [5.74, 6) is 1.91. The van der Waals surface area contributed by atoms with Gasteiger partial charge in [-0.15, -0.1) is 10.2 Å². The van der Waals surface area contributed by atoms with Crippen LogP contribution in [-0.4, -0.2) is 33.8 Å². The fraction of sp³-hybridized carbons (Fsp3) is 0.769. The van der Waals surface area contributed by atoms with Crippen molar-refractivity contribution in [3.05, 3.63) is 11.6 Å². The van der Waals surface area contributed by atoms with Crippen molar-refractivity contribution >= 4 is 5.91 Å². The minimum Gasteiger partial charge on any atom is -0.345 e. The van der Waals surface area contributed by atoms with E-state index in [9.17, 15) is 4.79 Å². The molecule has 2 rings (SSSR count). The Labute approximate surface area is 114 Å². The van der Waals surface area contributed by atoms with E-state index in [-0.39, 0.29) is 18.0 Å². The van der Waals surface area contributed by atoms with Crippen LogP contribution in [0.4, 0.5) is 0 Å². The predicted octanol–water partition coefficient (Wildman–Crippen LogP) is 0.790. The molecule has 0 spiro atoms. The van der Waals surface area contributed by atoms with Gasteiger partial charge in [-0.25, -0.2) is 0 Å². The zero-order valence-corrected chi connectivity index (χ0v) is 11.9. The van der Waals surface area contributed by atoms with Crippen molar-refractivity contribution < 1.29 is 4.79 Å². The van der Waals surface area contributed by atoms with Crippen molar-refractivity contribution in [3.63, 3.8) is 0 Å². The first kappa shape index (κ1) is 14.0. The number of amides is 1. The zero-order chi connectivity index (χ0) is 13.8. The van der Waals surface area contributed by atoms with Gasteiger partial charge in [0.15, 0.2) is 5.82 Å². The number of likely N-dealkylation sites (N-methyl/N-ethyl adjacent to an activating group) is 1. The molecule has 2 atom stereocenters. The van der Waals surface area contributed by atoms with Crippen LogP contribution in [0, 0.1) is 0 Å². The van der Waals surface area contributed by atoms with Crippen LogP contribution in [0.15, 0.2) is 0 Å². The quantitative estimate of drug-likeness (QED) is 0.844. The number of carbonyl (C=O) groups is 1. The Hall–Kier alpha value is -1.43. The molecule has 0 bridgehead atoms. The van der Waals surface area contributed by atoms with E-state index in [1.807, 2.05) is 13.8 Å². The number of hydrogen-bond acceptors (Lipinski definition) is 4. The first-order valence-electron chi connectivity index (χ1n) is 7.03. The normalized spacial score (nSPS) is 18.3. The van der Waals surface area contributed by atoms with Gasteiger partial charge in [-0.2, -0.15) is 0 Å². The molecular formula is C13H23N5O. The molecule has 2 heterocycles. The molecular weight excluding hydrogens is 242 g/mol. The molecule has 0 saturated carbocycles. The van der Waals surface area contributed by atoms with E-state index in [0.717, 1.165) is 31.0 Å². The number of carbonyl (C=O) groups excluding carboxylic acids is 1. The second-order valence-corrected chi connectivity index (χ2v) is 5.18. The second-order valence-electron chi connectivity index (χ2n) is 5.18. The van der Waals surface area contributed by atoms with E-state index < -0.39 is 0 Å². The molecule has 6 nitrogen and oxygen atoms in total. The SMILES string of the molecule is CNC(C)C(=O)NC(C)c1nnc2n1CCCCC2. The summed E-state index contributed by atoms with van der Waals surface area (Å²) >= 11 is 0. The average molecular weight is 265 g/mol. The van der Waals surface area contributed by atoms with Crippen LogP contribution in [0.25, 0.3) is 0 Å². The van der Waals surface area contributed by atoms with Crippen molar-refractivity contribution in [2.45, 2.75) is 58.2 Å². The lowest BCUT2D eigenvalue weighted by atomic mass is 10.2. The Bertz CT molecular complexity index is 442. The summed E-state index contributed by atoms with van der Waals surface area (Å²) in [4.78, 5) is 11.9. The van der Waals surface area contributed by atoms with Gasteiger partial charge in [0.2, 0.25) is 5.91 Å². The van der Waals surface area contributed by atoms with Gasteiger partial charge < -0.3 is 15.2 Å². The largest absolute Gasteiger partial charge is 0.345 e. The van der Waals surface area contributed by atoms with Crippen molar-refractivity contribution in [2.24, 2.45) is 0 Å². The van der Waals surface area contributed by atoms with Gasteiger partial charge in [0.05, 0.1) is 12.1 Å². The molecule has 1 aromatic heterocycles. The van der Waals surface area contributed by atoms with Gasteiger partial charge in [-0.05, 0) is 33.7 Å². The van der Waals surface area contributed by atoms with Crippen LogP contribution in [-0.2, 0) is 17.8 Å². The Morgan fingerprint density at radius 2 is 2.05 bits per heavy atom. The highest BCUT2D eigenvalue weighted by Crippen LogP contribution is 2.18. The molecule has 0 saturated heterocycles. The lowest BCUT2D eigenvalue weighted by Crippen LogP contribution is -2.42. The molecule has 1 aliphatic heterocycles. The summed E-state index contributed by atoms with van der Waals surface area (Å²) in [7, 11) is 1.78. The van der Waals surface area contributed by atoms with Gasteiger partial charge in [-0.1, -0.05) is 6.42 Å². The van der Waals surface area contributed by atoms with Crippen LogP contribution in [0.3, 0.4) is 0 Å². The summed E-state index contributed by atoms with van der Waals surface area (Å²) in [5, 5.41) is 14.4. The van der Waals surface area contributed by atoms with E-state index in [1.54, 1.807) is 7.05 Å². The minimum absolute atomic E-state index is 0.0130. The number of rotatable bonds is 4. The summed E-state index contributed by atoms with van der Waals surface area (Å²) in [5.41, 5.74) is 0. The molecule has 106 valence electrons. The summed E-state index contributed by atoms with van der Waals surface area (Å²) in [6, 6.07) is -0.309. The minimum atomic E-state index is -0.200. The van der Waals surface area contributed by atoms with Crippen molar-refractivity contribution in [1.82, 2.24) is 25.4 Å². The Morgan fingerprint density at radius 1 is 1.26 bits per heavy atom. The number of nitrogens with one attached hydrogen (secondary N) is 2. The van der Waals surface area contributed by atoms with Crippen molar-refractivity contribution in [2.75, 3.05) is 7.05 Å². The standard InChI is InChI=1S/C13H23N5O/c1-9(15-13(19)10(2)14-3)12-17-16-11-7-5-4-6-8-18(11)12/h9-10,14H,4-8H2,1-3H3,(H,15,19). The molecule has 1 aliphatic rings. The van der Waals surface area contributed by atoms with E-state index in [2.05, 4.69) is 25.4 Å². The zero-order valence-electron chi connectivity index (χ0n) is 11.9. The smallest absolute Gasteiger partial charge is 0.237 e. The molecule has 6 heteroatoms. The fourth-order valence-electron chi connectivity index (χ4n) is 2.36. The van der Waals surface area contributed by atoms with Crippen LogP contribution < -0.4 is 10.6 Å². The van der Waals surface area contributed by atoms with Gasteiger partial charge in [-0.3, -0.25) is 4.79 Å². The first-order chi connectivity index (χ1) is 9.13. The third kappa shape index (κ3) is 3.12. The number of hydrogen-bond donors (Lipinski definition) is 2. The molecule has 0 aromatic carbocycles. The molecule has 19 heavy (non-hydrogen) atoms. The monoisotopic (exact) mass is 265 g/mol. The third-order valence-electron chi connectivity index (χ3n) is 3.71. The Kier molecular flexibility index (Phi) is 4.52. The van der Waals surface area contributed by atoms with Crippen LogP contribution in [0.1, 0.15) is 50.8 Å². The topological polar surface area (TPSA) is 71.8 Å². The highest BCUT2D eigenvalue weighted by atomic mass is 16.2. The fourth-order valence-corrected chi connectivity index (χ4v) is 2.36. The number of aromatic nitrogens is 3. The molecule has 0 fully saturated rings. The lowest BCUT2D eigenvalue weighted by Gasteiger charge is -2.17. The van der Waals surface area contributed by atoms with Crippen LogP contribution in [0.2, 0.25) is 0 Å².